The molecule has 4 aromatic carbocycles. The lowest BCUT2D eigenvalue weighted by atomic mass is 10.1. The molecule has 0 fully saturated rings. The van der Waals surface area contributed by atoms with Gasteiger partial charge in [0.15, 0.2) is 17.3 Å². The maximum absolute atomic E-state index is 13.5. The van der Waals surface area contributed by atoms with E-state index in [1.54, 1.807) is 80.1 Å². The Labute approximate surface area is 231 Å². The van der Waals surface area contributed by atoms with Crippen molar-refractivity contribution in [3.63, 3.8) is 0 Å². The van der Waals surface area contributed by atoms with E-state index in [2.05, 4.69) is 5.10 Å². The zero-order valence-electron chi connectivity index (χ0n) is 22.3. The Balaban J connectivity index is 1.52. The second kappa shape index (κ2) is 11.7. The minimum atomic E-state index is -0.482. The number of fused-ring (bicyclic) bond motifs is 1. The number of rotatable bonds is 8. The first-order valence-corrected chi connectivity index (χ1v) is 12.7. The van der Waals surface area contributed by atoms with Crippen LogP contribution in [0.15, 0.2) is 101 Å². The first-order valence-electron chi connectivity index (χ1n) is 12.7. The van der Waals surface area contributed by atoms with Crippen molar-refractivity contribution >= 4 is 23.1 Å². The van der Waals surface area contributed by atoms with Crippen LogP contribution in [0.3, 0.4) is 0 Å². The fourth-order valence-corrected chi connectivity index (χ4v) is 4.17. The summed E-state index contributed by atoms with van der Waals surface area (Å²) in [7, 11) is 1.59. The number of aromatic nitrogens is 2. The average molecular weight is 534 g/mol. The van der Waals surface area contributed by atoms with Crippen LogP contribution < -0.4 is 19.8 Å². The molecule has 0 saturated heterocycles. The summed E-state index contributed by atoms with van der Waals surface area (Å²) in [5.74, 6) is 1.26. The van der Waals surface area contributed by atoms with Crippen molar-refractivity contribution in [1.82, 2.24) is 9.66 Å². The number of carbonyl (C=O) groups excluding carboxylic acids is 1. The van der Waals surface area contributed by atoms with Crippen molar-refractivity contribution in [2.45, 2.75) is 13.8 Å². The predicted octanol–water partition coefficient (Wildman–Crippen LogP) is 5.88. The van der Waals surface area contributed by atoms with Crippen LogP contribution in [0.1, 0.15) is 28.4 Å². The van der Waals surface area contributed by atoms with E-state index in [1.807, 2.05) is 38.1 Å². The van der Waals surface area contributed by atoms with Gasteiger partial charge in [0.1, 0.15) is 5.75 Å². The fourth-order valence-electron chi connectivity index (χ4n) is 4.17. The first-order chi connectivity index (χ1) is 19.5. The highest BCUT2D eigenvalue weighted by Crippen LogP contribution is 2.29. The van der Waals surface area contributed by atoms with Crippen LogP contribution >= 0.6 is 0 Å². The standard InChI is InChI=1S/C32H27N3O5/c1-4-39-29-19-22(12-17-28(29)40-32(37)24-9-7-8-21(2)18-24)20-33-35-30(23-13-15-25(38-3)16-14-23)34-27-11-6-5-10-26(27)31(35)36/h5-20H,4H2,1-3H3. The molecule has 200 valence electrons. The molecule has 0 bridgehead atoms. The Bertz CT molecular complexity index is 1770. The molecule has 8 nitrogen and oxygen atoms in total. The van der Waals surface area contributed by atoms with Crippen LogP contribution in [0.2, 0.25) is 0 Å². The lowest BCUT2D eigenvalue weighted by molar-refractivity contribution is 0.0728. The van der Waals surface area contributed by atoms with E-state index in [1.165, 1.54) is 4.68 Å². The largest absolute Gasteiger partial charge is 0.497 e. The molecule has 0 radical (unpaired) electrons. The molecule has 5 rings (SSSR count). The van der Waals surface area contributed by atoms with Gasteiger partial charge in [-0.25, -0.2) is 9.78 Å². The van der Waals surface area contributed by atoms with Crippen LogP contribution in [0, 0.1) is 6.92 Å². The average Bonchev–Trinajstić information content (AvgIpc) is 2.98. The van der Waals surface area contributed by atoms with E-state index in [-0.39, 0.29) is 11.3 Å². The lowest BCUT2D eigenvalue weighted by Crippen LogP contribution is -2.20. The SMILES string of the molecule is CCOc1cc(C=Nn2c(-c3ccc(OC)cc3)nc3ccccc3c2=O)ccc1OC(=O)c1cccc(C)c1. The summed E-state index contributed by atoms with van der Waals surface area (Å²) in [4.78, 5) is 30.9. The Kier molecular flexibility index (Phi) is 7.68. The molecule has 0 spiro atoms. The third kappa shape index (κ3) is 5.61. The van der Waals surface area contributed by atoms with Crippen LogP contribution in [0.5, 0.6) is 17.2 Å². The van der Waals surface area contributed by atoms with Gasteiger partial charge in [0.25, 0.3) is 5.56 Å². The molecular formula is C32H27N3O5. The molecule has 40 heavy (non-hydrogen) atoms. The minimum Gasteiger partial charge on any atom is -0.497 e. The fraction of sp³-hybridized carbons (Fsp3) is 0.125. The highest BCUT2D eigenvalue weighted by Gasteiger charge is 2.15. The number of carbonyl (C=O) groups is 1. The van der Waals surface area contributed by atoms with Crippen molar-refractivity contribution in [2.24, 2.45) is 5.10 Å². The normalized spacial score (nSPS) is 11.1. The van der Waals surface area contributed by atoms with Gasteiger partial charge in [-0.1, -0.05) is 29.8 Å². The number of para-hydroxylation sites is 1. The van der Waals surface area contributed by atoms with E-state index < -0.39 is 5.97 Å². The molecule has 0 saturated carbocycles. The second-order valence-corrected chi connectivity index (χ2v) is 8.94. The third-order valence-corrected chi connectivity index (χ3v) is 6.15. The van der Waals surface area contributed by atoms with Gasteiger partial charge >= 0.3 is 5.97 Å². The highest BCUT2D eigenvalue weighted by molar-refractivity contribution is 5.92. The quantitative estimate of drug-likeness (QED) is 0.141. The van der Waals surface area contributed by atoms with Gasteiger partial charge in [0.2, 0.25) is 0 Å². The molecule has 0 amide bonds. The molecule has 1 heterocycles. The molecule has 5 aromatic rings. The summed E-state index contributed by atoms with van der Waals surface area (Å²) in [5, 5.41) is 4.97. The van der Waals surface area contributed by atoms with Crippen LogP contribution in [-0.2, 0) is 0 Å². The third-order valence-electron chi connectivity index (χ3n) is 6.15. The number of ether oxygens (including phenoxy) is 3. The van der Waals surface area contributed by atoms with Crippen molar-refractivity contribution in [1.29, 1.82) is 0 Å². The molecule has 0 atom stereocenters. The van der Waals surface area contributed by atoms with E-state index in [0.29, 0.717) is 51.5 Å². The molecule has 0 aliphatic carbocycles. The minimum absolute atomic E-state index is 0.286. The molecule has 0 unspecified atom stereocenters. The Morgan fingerprint density at radius 1 is 0.950 bits per heavy atom. The van der Waals surface area contributed by atoms with Gasteiger partial charge in [0.05, 0.1) is 36.4 Å². The molecule has 1 aromatic heterocycles. The number of nitrogens with zero attached hydrogens (tertiary/aromatic N) is 3. The topological polar surface area (TPSA) is 92.0 Å². The maximum atomic E-state index is 13.5. The molecule has 8 heteroatoms. The zero-order valence-corrected chi connectivity index (χ0v) is 22.3. The molecule has 0 N–H and O–H groups in total. The number of esters is 1. The summed E-state index contributed by atoms with van der Waals surface area (Å²) < 4.78 is 17.9. The summed E-state index contributed by atoms with van der Waals surface area (Å²) in [5.41, 5.74) is 3.01. The van der Waals surface area contributed by atoms with Crippen molar-refractivity contribution in [3.8, 4) is 28.6 Å². The Morgan fingerprint density at radius 2 is 1.75 bits per heavy atom. The van der Waals surface area contributed by atoms with Crippen molar-refractivity contribution < 1.29 is 19.0 Å². The summed E-state index contributed by atoms with van der Waals surface area (Å²) in [6.45, 7) is 4.12. The predicted molar refractivity (Wildman–Crippen MR) is 155 cm³/mol. The number of hydrogen-bond donors (Lipinski definition) is 0. The van der Waals surface area contributed by atoms with E-state index in [0.717, 1.165) is 5.56 Å². The number of aryl methyl sites for hydroxylation is 1. The van der Waals surface area contributed by atoms with E-state index in [9.17, 15) is 9.59 Å². The monoisotopic (exact) mass is 533 g/mol. The summed E-state index contributed by atoms with van der Waals surface area (Å²) in [6, 6.07) is 26.7. The van der Waals surface area contributed by atoms with Crippen LogP contribution in [-0.4, -0.2) is 35.6 Å². The van der Waals surface area contributed by atoms with Crippen LogP contribution in [0.4, 0.5) is 0 Å². The van der Waals surface area contributed by atoms with Crippen molar-refractivity contribution in [2.75, 3.05) is 13.7 Å². The lowest BCUT2D eigenvalue weighted by Gasteiger charge is -2.12. The van der Waals surface area contributed by atoms with Gasteiger partial charge in [-0.2, -0.15) is 9.78 Å². The van der Waals surface area contributed by atoms with Crippen molar-refractivity contribution in [3.05, 3.63) is 118 Å². The van der Waals surface area contributed by atoms with Gasteiger partial charge in [-0.05, 0) is 86.1 Å². The molecule has 0 aliphatic heterocycles. The van der Waals surface area contributed by atoms with Gasteiger partial charge in [-0.3, -0.25) is 4.79 Å². The van der Waals surface area contributed by atoms with Gasteiger partial charge in [0, 0.05) is 5.56 Å². The van der Waals surface area contributed by atoms with Gasteiger partial charge in [-0.15, -0.1) is 0 Å². The molecular weight excluding hydrogens is 506 g/mol. The van der Waals surface area contributed by atoms with E-state index >= 15 is 0 Å². The summed E-state index contributed by atoms with van der Waals surface area (Å²) in [6.07, 6.45) is 1.54. The maximum Gasteiger partial charge on any atom is 0.343 e. The Morgan fingerprint density at radius 3 is 2.50 bits per heavy atom. The van der Waals surface area contributed by atoms with E-state index in [4.69, 9.17) is 19.2 Å². The number of methoxy groups -OCH3 is 1. The molecule has 0 aliphatic rings. The number of hydrogen-bond acceptors (Lipinski definition) is 7. The Hall–Kier alpha value is -5.24. The van der Waals surface area contributed by atoms with Gasteiger partial charge < -0.3 is 14.2 Å². The first kappa shape index (κ1) is 26.4. The van der Waals surface area contributed by atoms with Crippen LogP contribution in [0.25, 0.3) is 22.3 Å². The smallest absolute Gasteiger partial charge is 0.343 e. The highest BCUT2D eigenvalue weighted by atomic mass is 16.6. The second-order valence-electron chi connectivity index (χ2n) is 8.94. The number of benzene rings is 4. The summed E-state index contributed by atoms with van der Waals surface area (Å²) >= 11 is 0. The zero-order chi connectivity index (χ0) is 28.1.